The van der Waals surface area contributed by atoms with Crippen molar-refractivity contribution in [2.24, 2.45) is 7.05 Å². The number of para-hydroxylation sites is 1. The number of hydrogen-bond donors (Lipinski definition) is 2. The van der Waals surface area contributed by atoms with Crippen LogP contribution in [0.5, 0.6) is 0 Å². The van der Waals surface area contributed by atoms with Gasteiger partial charge in [-0.2, -0.15) is 0 Å². The molecular weight excluding hydrogens is 438 g/mol. The molecule has 0 radical (unpaired) electrons. The first kappa shape index (κ1) is 22.3. The third-order valence-electron chi connectivity index (χ3n) is 5.00. The highest BCUT2D eigenvalue weighted by Gasteiger charge is 2.18. The molecular formula is C24H23N5O3S. The SMILES string of the molecule is C[C@H](NC(=O)c1ccccc1NC(=O)CSc1nnc(-c2ccco2)n1C)c1ccccc1. The predicted octanol–water partition coefficient (Wildman–Crippen LogP) is 4.30. The first-order valence-corrected chi connectivity index (χ1v) is 11.3. The molecule has 2 amide bonds. The Labute approximate surface area is 195 Å². The minimum Gasteiger partial charge on any atom is -0.461 e. The first-order valence-electron chi connectivity index (χ1n) is 10.3. The molecule has 33 heavy (non-hydrogen) atoms. The number of nitrogens with one attached hydrogen (secondary N) is 2. The molecule has 0 aliphatic heterocycles. The average molecular weight is 462 g/mol. The van der Waals surface area contributed by atoms with Crippen LogP contribution in [0.3, 0.4) is 0 Å². The van der Waals surface area contributed by atoms with Crippen molar-refractivity contribution in [2.45, 2.75) is 18.1 Å². The Kier molecular flexibility index (Phi) is 6.89. The Morgan fingerprint density at radius 3 is 2.55 bits per heavy atom. The number of nitrogens with zero attached hydrogens (tertiary/aromatic N) is 3. The van der Waals surface area contributed by atoms with Gasteiger partial charge in [0.2, 0.25) is 5.91 Å². The summed E-state index contributed by atoms with van der Waals surface area (Å²) in [4.78, 5) is 25.5. The standard InChI is InChI=1S/C24H23N5O3S/c1-16(17-9-4-3-5-10-17)25-23(31)18-11-6-7-12-19(18)26-21(30)15-33-24-28-27-22(29(24)2)20-13-8-14-32-20/h3-14,16H,15H2,1-2H3,(H,25,31)(H,26,30)/t16-/m0/s1. The van der Waals surface area contributed by atoms with Crippen LogP contribution in [0.25, 0.3) is 11.6 Å². The van der Waals surface area contributed by atoms with Crippen molar-refractivity contribution in [3.8, 4) is 11.6 Å². The molecule has 8 nitrogen and oxygen atoms in total. The molecule has 0 bridgehead atoms. The minimum atomic E-state index is -0.258. The molecule has 0 saturated heterocycles. The first-order chi connectivity index (χ1) is 16.0. The third kappa shape index (κ3) is 5.32. The number of carbonyl (C=O) groups is 2. The number of anilines is 1. The van der Waals surface area contributed by atoms with E-state index >= 15 is 0 Å². The lowest BCUT2D eigenvalue weighted by Crippen LogP contribution is -2.28. The molecule has 0 saturated carbocycles. The van der Waals surface area contributed by atoms with E-state index in [1.165, 1.54) is 11.8 Å². The topological polar surface area (TPSA) is 102 Å². The van der Waals surface area contributed by atoms with Gasteiger partial charge in [-0.05, 0) is 36.8 Å². The fourth-order valence-electron chi connectivity index (χ4n) is 3.27. The molecule has 168 valence electrons. The molecule has 0 aliphatic rings. The van der Waals surface area contributed by atoms with Crippen molar-refractivity contribution in [3.05, 3.63) is 84.1 Å². The van der Waals surface area contributed by atoms with Gasteiger partial charge in [0, 0.05) is 7.05 Å². The smallest absolute Gasteiger partial charge is 0.253 e. The van der Waals surface area contributed by atoms with Gasteiger partial charge in [-0.3, -0.25) is 9.59 Å². The predicted molar refractivity (Wildman–Crippen MR) is 127 cm³/mol. The quantitative estimate of drug-likeness (QED) is 0.380. The van der Waals surface area contributed by atoms with Gasteiger partial charge in [0.05, 0.1) is 29.3 Å². The summed E-state index contributed by atoms with van der Waals surface area (Å²) in [5.74, 6) is 0.786. The lowest BCUT2D eigenvalue weighted by atomic mass is 10.1. The molecule has 0 spiro atoms. The molecule has 0 fully saturated rings. The summed E-state index contributed by atoms with van der Waals surface area (Å²) >= 11 is 1.25. The lowest BCUT2D eigenvalue weighted by molar-refractivity contribution is -0.113. The van der Waals surface area contributed by atoms with Gasteiger partial charge in [-0.1, -0.05) is 54.2 Å². The summed E-state index contributed by atoms with van der Waals surface area (Å²) in [6.07, 6.45) is 1.57. The van der Waals surface area contributed by atoms with E-state index < -0.39 is 0 Å². The van der Waals surface area contributed by atoms with E-state index in [2.05, 4.69) is 20.8 Å². The molecule has 0 aliphatic carbocycles. The van der Waals surface area contributed by atoms with Crippen LogP contribution >= 0.6 is 11.8 Å². The second-order valence-electron chi connectivity index (χ2n) is 7.33. The largest absolute Gasteiger partial charge is 0.461 e. The van der Waals surface area contributed by atoms with Gasteiger partial charge in [-0.25, -0.2) is 0 Å². The van der Waals surface area contributed by atoms with Gasteiger partial charge in [0.25, 0.3) is 5.91 Å². The van der Waals surface area contributed by atoms with E-state index in [1.54, 1.807) is 47.2 Å². The summed E-state index contributed by atoms with van der Waals surface area (Å²) in [5.41, 5.74) is 1.86. The van der Waals surface area contributed by atoms with Gasteiger partial charge < -0.3 is 19.6 Å². The number of aromatic nitrogens is 3. The highest BCUT2D eigenvalue weighted by Crippen LogP contribution is 2.23. The maximum atomic E-state index is 12.9. The minimum absolute atomic E-state index is 0.112. The average Bonchev–Trinajstić information content (AvgIpc) is 3.48. The molecule has 9 heteroatoms. The van der Waals surface area contributed by atoms with Gasteiger partial charge in [-0.15, -0.1) is 10.2 Å². The van der Waals surface area contributed by atoms with E-state index in [9.17, 15) is 9.59 Å². The zero-order chi connectivity index (χ0) is 23.2. The Bertz CT molecular complexity index is 1240. The van der Waals surface area contributed by atoms with E-state index in [0.717, 1.165) is 5.56 Å². The van der Waals surface area contributed by atoms with Gasteiger partial charge in [0.15, 0.2) is 16.7 Å². The van der Waals surface area contributed by atoms with Crippen molar-refractivity contribution in [1.29, 1.82) is 0 Å². The number of benzene rings is 2. The van der Waals surface area contributed by atoms with Crippen LogP contribution < -0.4 is 10.6 Å². The Hall–Kier alpha value is -3.85. The van der Waals surface area contributed by atoms with Crippen molar-refractivity contribution in [2.75, 3.05) is 11.1 Å². The highest BCUT2D eigenvalue weighted by molar-refractivity contribution is 7.99. The normalized spacial score (nSPS) is 11.7. The third-order valence-corrected chi connectivity index (χ3v) is 6.02. The molecule has 1 atom stereocenters. The molecule has 2 aromatic heterocycles. The van der Waals surface area contributed by atoms with Gasteiger partial charge in [0.1, 0.15) is 0 Å². The van der Waals surface area contributed by atoms with Crippen LogP contribution in [0, 0.1) is 0 Å². The number of amides is 2. The number of carbonyl (C=O) groups excluding carboxylic acids is 2. The maximum Gasteiger partial charge on any atom is 0.253 e. The molecule has 2 N–H and O–H groups in total. The van der Waals surface area contributed by atoms with Crippen LogP contribution in [0.4, 0.5) is 5.69 Å². The van der Waals surface area contributed by atoms with Crippen molar-refractivity contribution in [1.82, 2.24) is 20.1 Å². The summed E-state index contributed by atoms with van der Waals surface area (Å²) in [6, 6.07) is 20.1. The summed E-state index contributed by atoms with van der Waals surface area (Å²) in [6.45, 7) is 1.92. The number of thioether (sulfide) groups is 1. The molecule has 2 aromatic carbocycles. The fourth-order valence-corrected chi connectivity index (χ4v) is 3.98. The van der Waals surface area contributed by atoms with E-state index in [0.29, 0.717) is 28.0 Å². The fraction of sp³-hybridized carbons (Fsp3) is 0.167. The van der Waals surface area contributed by atoms with Crippen LogP contribution in [0.2, 0.25) is 0 Å². The lowest BCUT2D eigenvalue weighted by Gasteiger charge is -2.16. The van der Waals surface area contributed by atoms with Crippen molar-refractivity contribution >= 4 is 29.3 Å². The summed E-state index contributed by atoms with van der Waals surface area (Å²) in [7, 11) is 1.81. The van der Waals surface area contributed by atoms with E-state index in [4.69, 9.17) is 4.42 Å². The Balaban J connectivity index is 1.38. The van der Waals surface area contributed by atoms with Crippen molar-refractivity contribution in [3.63, 3.8) is 0 Å². The highest BCUT2D eigenvalue weighted by atomic mass is 32.2. The van der Waals surface area contributed by atoms with Crippen LogP contribution in [-0.4, -0.2) is 32.3 Å². The second-order valence-corrected chi connectivity index (χ2v) is 8.27. The number of furan rings is 1. The number of rotatable bonds is 8. The molecule has 2 heterocycles. The van der Waals surface area contributed by atoms with E-state index in [-0.39, 0.29) is 23.6 Å². The summed E-state index contributed by atoms with van der Waals surface area (Å²) in [5, 5.41) is 14.6. The van der Waals surface area contributed by atoms with Crippen LogP contribution in [-0.2, 0) is 11.8 Å². The molecule has 4 aromatic rings. The van der Waals surface area contributed by atoms with Crippen LogP contribution in [0.1, 0.15) is 28.9 Å². The second kappa shape index (κ2) is 10.2. The maximum absolute atomic E-state index is 12.9. The van der Waals surface area contributed by atoms with Crippen LogP contribution in [0.15, 0.2) is 82.6 Å². The molecule has 4 rings (SSSR count). The zero-order valence-corrected chi connectivity index (χ0v) is 19.0. The number of hydrogen-bond acceptors (Lipinski definition) is 6. The molecule has 0 unspecified atom stereocenters. The zero-order valence-electron chi connectivity index (χ0n) is 18.2. The monoisotopic (exact) mass is 461 g/mol. The summed E-state index contributed by atoms with van der Waals surface area (Å²) < 4.78 is 7.13. The van der Waals surface area contributed by atoms with Gasteiger partial charge >= 0.3 is 0 Å². The van der Waals surface area contributed by atoms with E-state index in [1.807, 2.05) is 44.3 Å². The Morgan fingerprint density at radius 2 is 1.79 bits per heavy atom. The van der Waals surface area contributed by atoms with Crippen molar-refractivity contribution < 1.29 is 14.0 Å². The Morgan fingerprint density at radius 1 is 1.03 bits per heavy atom.